The SMILES string of the molecule is CC(C)=CC[C@@H]1C[C@@]2(CC=C(C)C)C(=O)[C@@](C(=O)C(C)C)(C(=O)C3=C2O[C@H](C(C)(C)O)C3)C1(C)C. The summed E-state index contributed by atoms with van der Waals surface area (Å²) in [7, 11) is 0. The third-order valence-electron chi connectivity index (χ3n) is 8.68. The molecule has 1 heterocycles. The smallest absolute Gasteiger partial charge is 0.184 e. The summed E-state index contributed by atoms with van der Waals surface area (Å²) in [6, 6.07) is 0. The highest BCUT2D eigenvalue weighted by atomic mass is 16.5. The van der Waals surface area contributed by atoms with Gasteiger partial charge in [0.05, 0.1) is 11.0 Å². The van der Waals surface area contributed by atoms with Crippen molar-refractivity contribution >= 4 is 17.3 Å². The molecule has 0 unspecified atom stereocenters. The van der Waals surface area contributed by atoms with Crippen LogP contribution in [0.15, 0.2) is 34.6 Å². The Morgan fingerprint density at radius 1 is 1.11 bits per heavy atom. The van der Waals surface area contributed by atoms with Crippen LogP contribution in [0.3, 0.4) is 0 Å². The number of fused-ring (bicyclic) bond motifs is 3. The molecule has 1 fully saturated rings. The van der Waals surface area contributed by atoms with E-state index in [-0.39, 0.29) is 23.9 Å². The van der Waals surface area contributed by atoms with Crippen molar-refractivity contribution < 1.29 is 24.2 Å². The summed E-state index contributed by atoms with van der Waals surface area (Å²) in [5, 5.41) is 10.8. The lowest BCUT2D eigenvalue weighted by molar-refractivity contribution is -0.178. The van der Waals surface area contributed by atoms with E-state index in [4.69, 9.17) is 4.74 Å². The minimum absolute atomic E-state index is 0.0776. The fraction of sp³-hybridized carbons (Fsp3) is 0.700. The molecule has 2 bridgehead atoms. The first-order valence-corrected chi connectivity index (χ1v) is 13.0. The van der Waals surface area contributed by atoms with Crippen LogP contribution in [0.2, 0.25) is 0 Å². The van der Waals surface area contributed by atoms with Gasteiger partial charge in [-0.1, -0.05) is 51.0 Å². The predicted octanol–water partition coefficient (Wildman–Crippen LogP) is 5.91. The lowest BCUT2D eigenvalue weighted by Gasteiger charge is -2.59. The van der Waals surface area contributed by atoms with Gasteiger partial charge >= 0.3 is 0 Å². The summed E-state index contributed by atoms with van der Waals surface area (Å²) in [6.07, 6.45) is 5.31. The zero-order valence-corrected chi connectivity index (χ0v) is 23.3. The summed E-state index contributed by atoms with van der Waals surface area (Å²) in [4.78, 5) is 43.3. The Morgan fingerprint density at radius 2 is 1.69 bits per heavy atom. The highest BCUT2D eigenvalue weighted by molar-refractivity contribution is 6.33. The van der Waals surface area contributed by atoms with E-state index < -0.39 is 39.7 Å². The van der Waals surface area contributed by atoms with Gasteiger partial charge < -0.3 is 9.84 Å². The van der Waals surface area contributed by atoms with Crippen molar-refractivity contribution in [2.75, 3.05) is 0 Å². The third-order valence-corrected chi connectivity index (χ3v) is 8.68. The van der Waals surface area contributed by atoms with Crippen molar-refractivity contribution in [3.05, 3.63) is 34.6 Å². The molecule has 0 spiro atoms. The summed E-state index contributed by atoms with van der Waals surface area (Å²) in [5.74, 6) is -1.14. The molecular weight excluding hydrogens is 440 g/mol. The molecule has 0 aromatic carbocycles. The van der Waals surface area contributed by atoms with Crippen LogP contribution in [0.4, 0.5) is 0 Å². The van der Waals surface area contributed by atoms with Crippen LogP contribution in [-0.4, -0.2) is 34.2 Å². The molecule has 3 aliphatic rings. The van der Waals surface area contributed by atoms with Gasteiger partial charge in [-0.25, -0.2) is 0 Å². The van der Waals surface area contributed by atoms with Gasteiger partial charge in [0.25, 0.3) is 0 Å². The fourth-order valence-electron chi connectivity index (χ4n) is 6.45. The van der Waals surface area contributed by atoms with Crippen LogP contribution in [0, 0.1) is 28.1 Å². The maximum atomic E-state index is 14.8. The largest absolute Gasteiger partial charge is 0.490 e. The van der Waals surface area contributed by atoms with Crippen LogP contribution in [0.25, 0.3) is 0 Å². The van der Waals surface area contributed by atoms with E-state index in [0.717, 1.165) is 11.1 Å². The van der Waals surface area contributed by atoms with Crippen molar-refractivity contribution in [3.63, 3.8) is 0 Å². The molecule has 2 aliphatic carbocycles. The minimum atomic E-state index is -1.76. The summed E-state index contributed by atoms with van der Waals surface area (Å²) >= 11 is 0. The highest BCUT2D eigenvalue weighted by Crippen LogP contribution is 2.67. The fourth-order valence-corrected chi connectivity index (χ4v) is 6.45. The van der Waals surface area contributed by atoms with E-state index in [2.05, 4.69) is 6.08 Å². The first-order chi connectivity index (χ1) is 15.9. The number of allylic oxidation sites excluding steroid dienone is 5. The molecule has 0 amide bonds. The van der Waals surface area contributed by atoms with E-state index >= 15 is 0 Å². The average Bonchev–Trinajstić information content (AvgIpc) is 3.18. The Morgan fingerprint density at radius 3 is 2.17 bits per heavy atom. The predicted molar refractivity (Wildman–Crippen MR) is 138 cm³/mol. The van der Waals surface area contributed by atoms with Gasteiger partial charge in [0.15, 0.2) is 22.8 Å². The van der Waals surface area contributed by atoms with Gasteiger partial charge in [-0.15, -0.1) is 0 Å². The molecule has 0 aromatic rings. The molecule has 1 saturated carbocycles. The van der Waals surface area contributed by atoms with E-state index in [0.29, 0.717) is 30.6 Å². The maximum Gasteiger partial charge on any atom is 0.184 e. The van der Waals surface area contributed by atoms with Crippen LogP contribution in [-0.2, 0) is 19.1 Å². The third kappa shape index (κ3) is 3.98. The number of carbonyl (C=O) groups is 3. The van der Waals surface area contributed by atoms with Crippen LogP contribution in [0.1, 0.15) is 94.9 Å². The zero-order chi connectivity index (χ0) is 26.7. The van der Waals surface area contributed by atoms with E-state index in [1.165, 1.54) is 0 Å². The number of ether oxygens (including phenoxy) is 1. The standard InChI is InChI=1S/C30H44O5/c1-17(2)11-12-20-16-29(14-13-18(3)4)25-21(15-22(35-25)28(9,10)34)24(32)30(26(29)33,27(20,7)8)23(31)19(5)6/h11,13,19-20,22,34H,12,14-16H2,1-10H3/t20-,22+,29-,30-/m1/s1. The van der Waals surface area contributed by atoms with Gasteiger partial charge in [-0.2, -0.15) is 0 Å². The van der Waals surface area contributed by atoms with Crippen molar-refractivity contribution in [1.82, 2.24) is 0 Å². The number of hydrogen-bond acceptors (Lipinski definition) is 5. The van der Waals surface area contributed by atoms with Crippen LogP contribution < -0.4 is 0 Å². The van der Waals surface area contributed by atoms with E-state index in [9.17, 15) is 19.5 Å². The van der Waals surface area contributed by atoms with Gasteiger partial charge in [0, 0.05) is 17.9 Å². The van der Waals surface area contributed by atoms with Crippen LogP contribution in [0.5, 0.6) is 0 Å². The topological polar surface area (TPSA) is 80.7 Å². The molecule has 35 heavy (non-hydrogen) atoms. The number of Topliss-reactive ketones (excluding diaryl/α,β-unsaturated/α-hetero) is 3. The summed E-state index contributed by atoms with van der Waals surface area (Å²) in [5.41, 5.74) is -2.26. The zero-order valence-electron chi connectivity index (χ0n) is 23.3. The molecule has 0 radical (unpaired) electrons. The minimum Gasteiger partial charge on any atom is -0.490 e. The average molecular weight is 485 g/mol. The molecule has 4 atom stereocenters. The van der Waals surface area contributed by atoms with Crippen molar-refractivity contribution in [3.8, 4) is 0 Å². The molecule has 194 valence electrons. The van der Waals surface area contributed by atoms with Gasteiger partial charge in [-0.05, 0) is 72.1 Å². The van der Waals surface area contributed by atoms with Crippen LogP contribution >= 0.6 is 0 Å². The van der Waals surface area contributed by atoms with Crippen molar-refractivity contribution in [2.24, 2.45) is 28.1 Å². The number of hydrogen-bond donors (Lipinski definition) is 1. The second kappa shape index (κ2) is 8.83. The summed E-state index contributed by atoms with van der Waals surface area (Å²) < 4.78 is 6.35. The van der Waals surface area contributed by atoms with Crippen molar-refractivity contribution in [1.29, 1.82) is 0 Å². The molecule has 0 aromatic heterocycles. The van der Waals surface area contributed by atoms with Gasteiger partial charge in [0.1, 0.15) is 11.9 Å². The monoisotopic (exact) mass is 484 g/mol. The van der Waals surface area contributed by atoms with Gasteiger partial charge in [0.2, 0.25) is 0 Å². The van der Waals surface area contributed by atoms with E-state index in [1.54, 1.807) is 27.7 Å². The van der Waals surface area contributed by atoms with E-state index in [1.807, 2.05) is 47.6 Å². The quantitative estimate of drug-likeness (QED) is 0.359. The summed E-state index contributed by atoms with van der Waals surface area (Å²) in [6.45, 7) is 18.8. The molecule has 3 rings (SSSR count). The number of ketones is 3. The first-order valence-electron chi connectivity index (χ1n) is 13.0. The molecular formula is C30H44O5. The Hall–Kier alpha value is -2.01. The molecule has 1 aliphatic heterocycles. The normalized spacial score (nSPS) is 31.8. The lowest BCUT2D eigenvalue weighted by Crippen LogP contribution is -2.70. The molecule has 0 saturated heterocycles. The molecule has 5 nitrogen and oxygen atoms in total. The second-order valence-electron chi connectivity index (χ2n) is 12.9. The Bertz CT molecular complexity index is 1020. The maximum absolute atomic E-state index is 14.8. The number of carbonyl (C=O) groups excluding carboxylic acids is 3. The number of rotatable bonds is 7. The highest BCUT2D eigenvalue weighted by Gasteiger charge is 2.76. The lowest BCUT2D eigenvalue weighted by atomic mass is 9.39. The van der Waals surface area contributed by atoms with Gasteiger partial charge in [-0.3, -0.25) is 14.4 Å². The van der Waals surface area contributed by atoms with Crippen molar-refractivity contribution in [2.45, 2.75) is 107 Å². The Kier molecular flexibility index (Phi) is 6.96. The Labute approximate surface area is 211 Å². The first kappa shape index (κ1) is 27.6. The second-order valence-corrected chi connectivity index (χ2v) is 12.9. The number of aliphatic hydroxyl groups is 1. The molecule has 1 N–H and O–H groups in total. The Balaban J connectivity index is 2.39. The molecule has 5 heteroatoms.